The van der Waals surface area contributed by atoms with Gasteiger partial charge in [-0.2, -0.15) is 0 Å². The van der Waals surface area contributed by atoms with E-state index in [-0.39, 0.29) is 9.86 Å². The number of hydrogen-bond donors (Lipinski definition) is 0. The number of aryl methyl sites for hydroxylation is 2. The first-order valence-electron chi connectivity index (χ1n) is 17.8. The largest absolute Gasteiger partial charge is 0.497 e. The van der Waals surface area contributed by atoms with Gasteiger partial charge in [-0.25, -0.2) is 0 Å². The molecule has 0 atom stereocenters. The van der Waals surface area contributed by atoms with Gasteiger partial charge in [-0.3, -0.25) is 4.79 Å². The number of rotatable bonds is 10. The van der Waals surface area contributed by atoms with Gasteiger partial charge in [-0.15, -0.1) is 23.5 Å². The van der Waals surface area contributed by atoms with Crippen molar-refractivity contribution in [1.82, 2.24) is 0 Å². The molecule has 6 aromatic carbocycles. The molecule has 0 aliphatic carbocycles. The Morgan fingerprint density at radius 2 is 0.786 bits per heavy atom. The topological polar surface area (TPSA) is 54.0 Å². The lowest BCUT2D eigenvalue weighted by atomic mass is 10.0. The number of ketones is 1. The van der Waals surface area contributed by atoms with Crippen LogP contribution >= 0.6 is 58.3 Å². The van der Waals surface area contributed by atoms with Gasteiger partial charge in [0.2, 0.25) is 0 Å². The molecule has 0 spiro atoms. The number of ether oxygens (including phenoxy) is 4. The molecule has 1 aliphatic heterocycles. The van der Waals surface area contributed by atoms with Crippen molar-refractivity contribution in [2.45, 2.75) is 28.6 Å². The van der Waals surface area contributed by atoms with E-state index in [1.54, 1.807) is 38.5 Å². The van der Waals surface area contributed by atoms with Crippen molar-refractivity contribution in [1.29, 1.82) is 0 Å². The maximum Gasteiger partial charge on any atom is 0.193 e. The highest BCUT2D eigenvalue weighted by atomic mass is 35.6. The summed E-state index contributed by atoms with van der Waals surface area (Å²) in [4.78, 5) is 12.4. The van der Waals surface area contributed by atoms with Gasteiger partial charge in [-0.1, -0.05) is 107 Å². The van der Waals surface area contributed by atoms with E-state index in [4.69, 9.17) is 53.8 Å². The zero-order valence-corrected chi connectivity index (χ0v) is 35.4. The monoisotopic (exact) mass is 844 g/mol. The average molecular weight is 846 g/mol. The van der Waals surface area contributed by atoms with Crippen LogP contribution in [0.1, 0.15) is 44.6 Å². The molecule has 5 nitrogen and oxygen atoms in total. The predicted octanol–water partition coefficient (Wildman–Crippen LogP) is 13.9. The number of thioether (sulfide) groups is 2. The van der Waals surface area contributed by atoms with Gasteiger partial charge in [0.1, 0.15) is 38.6 Å². The summed E-state index contributed by atoms with van der Waals surface area (Å²) in [6, 6.07) is 47.3. The van der Waals surface area contributed by atoms with Crippen LogP contribution in [0.3, 0.4) is 0 Å². The normalized spacial score (nSPS) is 12.9. The number of carbonyl (C=O) groups is 1. The van der Waals surface area contributed by atoms with Crippen molar-refractivity contribution in [3.05, 3.63) is 179 Å². The molecule has 56 heavy (non-hydrogen) atoms. The molecule has 0 N–H and O–H groups in total. The Morgan fingerprint density at radius 1 is 0.500 bits per heavy atom. The van der Waals surface area contributed by atoms with Crippen molar-refractivity contribution in [3.63, 3.8) is 0 Å². The van der Waals surface area contributed by atoms with Crippen molar-refractivity contribution < 1.29 is 23.7 Å². The summed E-state index contributed by atoms with van der Waals surface area (Å²) in [6.07, 6.45) is 1.27. The Labute approximate surface area is 353 Å². The summed E-state index contributed by atoms with van der Waals surface area (Å²) in [5.74, 6) is 7.04. The molecule has 10 heteroatoms. The van der Waals surface area contributed by atoms with Gasteiger partial charge in [-0.05, 0) is 128 Å². The van der Waals surface area contributed by atoms with Crippen LogP contribution in [0.5, 0.6) is 34.5 Å². The highest BCUT2D eigenvalue weighted by Gasteiger charge is 2.37. The zero-order valence-electron chi connectivity index (χ0n) is 31.5. The Kier molecular flexibility index (Phi) is 16.3. The van der Waals surface area contributed by atoms with E-state index < -0.39 is 4.30 Å². The highest BCUT2D eigenvalue weighted by molar-refractivity contribution is 8.18. The maximum atomic E-state index is 12.4. The molecule has 0 bridgehead atoms. The molecule has 1 aliphatic rings. The van der Waals surface area contributed by atoms with E-state index in [0.717, 1.165) is 28.6 Å². The standard InChI is InChI=1S/C24H24O2S2.C21H18O3.CHCl3/c1-18-4-6-19(7-5-18)24(27-16-3-17-28-24)20-8-10-22(11-9-20)26-23-14-12-21(25-2)13-15-23;1-15-3-5-16(6-4-15)21(22)17-7-9-19(10-8-17)24-20-13-11-18(23-2)12-14-20;2-1(3)4/h4-15H,3,16-17H2,1-2H3;3-14H,1-2H3;1H. The molecular formula is C46H43Cl3O5S2. The average Bonchev–Trinajstić information content (AvgIpc) is 3.22. The van der Waals surface area contributed by atoms with Crippen LogP contribution in [-0.4, -0.2) is 35.8 Å². The summed E-state index contributed by atoms with van der Waals surface area (Å²) in [5.41, 5.74) is 6.46. The minimum absolute atomic E-state index is 0.00555. The molecule has 290 valence electrons. The highest BCUT2D eigenvalue weighted by Crippen LogP contribution is 2.55. The third-order valence-electron chi connectivity index (χ3n) is 8.59. The second kappa shape index (κ2) is 21.3. The fraction of sp³-hybridized carbons (Fsp3) is 0.196. The number of methoxy groups -OCH3 is 2. The molecule has 0 saturated carbocycles. The third-order valence-corrected chi connectivity index (χ3v) is 12.0. The summed E-state index contributed by atoms with van der Waals surface area (Å²) in [6.45, 7) is 4.14. The first-order valence-corrected chi connectivity index (χ1v) is 21.1. The first kappa shape index (κ1) is 42.9. The second-order valence-electron chi connectivity index (χ2n) is 12.6. The minimum Gasteiger partial charge on any atom is -0.497 e. The molecule has 0 radical (unpaired) electrons. The third kappa shape index (κ3) is 12.4. The summed E-state index contributed by atoms with van der Waals surface area (Å²) in [7, 11) is 3.29. The van der Waals surface area contributed by atoms with Gasteiger partial charge in [0.25, 0.3) is 0 Å². The Bertz CT molecular complexity index is 2080. The maximum absolute atomic E-state index is 12.4. The summed E-state index contributed by atoms with van der Waals surface area (Å²) < 4.78 is 21.3. The van der Waals surface area contributed by atoms with Crippen molar-refractivity contribution in [2.75, 3.05) is 25.7 Å². The van der Waals surface area contributed by atoms with Gasteiger partial charge < -0.3 is 18.9 Å². The molecule has 1 heterocycles. The van der Waals surface area contributed by atoms with Crippen LogP contribution < -0.4 is 18.9 Å². The van der Waals surface area contributed by atoms with Gasteiger partial charge in [0, 0.05) is 11.1 Å². The van der Waals surface area contributed by atoms with Gasteiger partial charge in [0.05, 0.1) is 14.2 Å². The lowest BCUT2D eigenvalue weighted by molar-refractivity contribution is 0.103. The summed E-state index contributed by atoms with van der Waals surface area (Å²) in [5, 5.41) is 0. The van der Waals surface area contributed by atoms with Crippen molar-refractivity contribution in [2.24, 2.45) is 0 Å². The Morgan fingerprint density at radius 3 is 1.16 bits per heavy atom. The van der Waals surface area contributed by atoms with Crippen LogP contribution in [0.15, 0.2) is 146 Å². The van der Waals surface area contributed by atoms with E-state index in [2.05, 4.69) is 55.5 Å². The number of halogens is 3. The van der Waals surface area contributed by atoms with E-state index >= 15 is 0 Å². The fourth-order valence-electron chi connectivity index (χ4n) is 5.65. The number of carbonyl (C=O) groups excluding carboxylic acids is 1. The van der Waals surface area contributed by atoms with E-state index in [1.165, 1.54) is 34.6 Å². The molecule has 7 rings (SSSR count). The van der Waals surface area contributed by atoms with Gasteiger partial charge in [0.15, 0.2) is 10.1 Å². The smallest absolute Gasteiger partial charge is 0.193 e. The van der Waals surface area contributed by atoms with Crippen LogP contribution in [0.2, 0.25) is 0 Å². The predicted molar refractivity (Wildman–Crippen MR) is 236 cm³/mol. The van der Waals surface area contributed by atoms with Crippen LogP contribution in [0.25, 0.3) is 0 Å². The molecule has 1 saturated heterocycles. The number of hydrogen-bond acceptors (Lipinski definition) is 7. The van der Waals surface area contributed by atoms with E-state index in [1.807, 2.05) is 103 Å². The van der Waals surface area contributed by atoms with Crippen molar-refractivity contribution in [3.8, 4) is 34.5 Å². The van der Waals surface area contributed by atoms with Crippen LogP contribution in [-0.2, 0) is 4.08 Å². The Hall–Kier alpha value is -4.24. The van der Waals surface area contributed by atoms with E-state index in [0.29, 0.717) is 22.6 Å². The second-order valence-corrected chi connectivity index (χ2v) is 17.4. The van der Waals surface area contributed by atoms with Crippen molar-refractivity contribution >= 4 is 64.1 Å². The zero-order chi connectivity index (χ0) is 39.9. The molecular weight excluding hydrogens is 803 g/mol. The van der Waals surface area contributed by atoms with Gasteiger partial charge >= 0.3 is 0 Å². The Balaban J connectivity index is 0.000000198. The summed E-state index contributed by atoms with van der Waals surface area (Å²) >= 11 is 18.5. The van der Waals surface area contributed by atoms with Crippen LogP contribution in [0.4, 0.5) is 0 Å². The lowest BCUT2D eigenvalue weighted by Gasteiger charge is -2.37. The molecule has 0 amide bonds. The van der Waals surface area contributed by atoms with Crippen LogP contribution in [0, 0.1) is 13.8 Å². The first-order chi connectivity index (χ1) is 27.1. The molecule has 0 aromatic heterocycles. The number of alkyl halides is 3. The molecule has 1 fully saturated rings. The SMILES string of the molecule is COc1ccc(Oc2ccc(C(=O)c3ccc(C)cc3)cc2)cc1.COc1ccc(Oc2ccc(C3(c4ccc(C)cc4)SCCCS3)cc2)cc1.ClC(Cl)Cl. The minimum atomic E-state index is -0.750. The lowest BCUT2D eigenvalue weighted by Crippen LogP contribution is -2.24. The quantitative estimate of drug-likeness (QED) is 0.101. The fourth-order valence-corrected chi connectivity index (χ4v) is 9.03. The molecule has 6 aromatic rings. The number of benzene rings is 6. The molecule has 0 unspecified atom stereocenters. The van der Waals surface area contributed by atoms with E-state index in [9.17, 15) is 4.79 Å².